The van der Waals surface area contributed by atoms with E-state index in [0.29, 0.717) is 17.0 Å². The molecule has 4 aromatic heterocycles. The molecule has 0 aliphatic carbocycles. The molecule has 13 nitrogen and oxygen atoms in total. The summed E-state index contributed by atoms with van der Waals surface area (Å²) in [5.74, 6) is -2.57. The predicted molar refractivity (Wildman–Crippen MR) is 228 cm³/mol. The molecule has 0 atom stereocenters. The predicted octanol–water partition coefficient (Wildman–Crippen LogP) is 7.46. The zero-order valence-corrected chi connectivity index (χ0v) is 36.0. The first kappa shape index (κ1) is 44.7. The van der Waals surface area contributed by atoms with E-state index in [0.717, 1.165) is 40.2 Å². The van der Waals surface area contributed by atoms with E-state index in [1.54, 1.807) is 24.3 Å². The summed E-state index contributed by atoms with van der Waals surface area (Å²) in [6.07, 6.45) is 0. The van der Waals surface area contributed by atoms with Crippen LogP contribution in [0.3, 0.4) is 0 Å². The topological polar surface area (TPSA) is 204 Å². The summed E-state index contributed by atoms with van der Waals surface area (Å²) < 4.78 is 67.6. The smallest absolute Gasteiger partial charge is 0.281 e. The number of rotatable bonds is 8. The van der Waals surface area contributed by atoms with Gasteiger partial charge in [0.15, 0.2) is 10.1 Å². The lowest BCUT2D eigenvalue weighted by Gasteiger charge is -2.20. The third-order valence-corrected chi connectivity index (χ3v) is 11.4. The van der Waals surface area contributed by atoms with E-state index < -0.39 is 42.8 Å². The number of anilines is 1. The molecule has 2 amide bonds. The minimum atomic E-state index is -4.35. The molecule has 0 spiro atoms. The SMILES string of the molecule is Cc1ccc(-c2nc(C(C)(C)C)ccc2C(=O)NS(=O)(=O)c2cccc(F)n2)cc1.Cc1ccc(-c2nc(C(C)(C)C)ccc2C(=O)NS(=O)(=O)c2cccc(N)n2)cc1. The Morgan fingerprint density at radius 2 is 0.917 bits per heavy atom. The number of nitrogens with zero attached hydrogens (tertiary/aromatic N) is 4. The van der Waals surface area contributed by atoms with Gasteiger partial charge in [-0.05, 0) is 62.4 Å². The van der Waals surface area contributed by atoms with Gasteiger partial charge in [-0.1, -0.05) is 113 Å². The molecule has 0 saturated carbocycles. The maximum atomic E-state index is 13.3. The summed E-state index contributed by atoms with van der Waals surface area (Å²) in [6.45, 7) is 15.9. The molecule has 0 bridgehead atoms. The van der Waals surface area contributed by atoms with Gasteiger partial charge >= 0.3 is 0 Å². The van der Waals surface area contributed by atoms with Crippen LogP contribution >= 0.6 is 0 Å². The van der Waals surface area contributed by atoms with Crippen LogP contribution in [-0.2, 0) is 30.9 Å². The fourth-order valence-electron chi connectivity index (χ4n) is 5.56. The molecule has 0 unspecified atom stereocenters. The van der Waals surface area contributed by atoms with Crippen LogP contribution in [0.15, 0.2) is 119 Å². The molecule has 0 fully saturated rings. The van der Waals surface area contributed by atoms with Crippen molar-refractivity contribution in [1.29, 1.82) is 0 Å². The average Bonchev–Trinajstić information content (AvgIpc) is 3.17. The first-order valence-electron chi connectivity index (χ1n) is 18.6. The number of pyridine rings is 4. The molecule has 2 aromatic carbocycles. The lowest BCUT2D eigenvalue weighted by Crippen LogP contribution is -2.32. The van der Waals surface area contributed by atoms with Crippen molar-refractivity contribution >= 4 is 37.7 Å². The van der Waals surface area contributed by atoms with Crippen LogP contribution in [-0.4, -0.2) is 48.6 Å². The van der Waals surface area contributed by atoms with Gasteiger partial charge in [-0.3, -0.25) is 19.6 Å². The Morgan fingerprint density at radius 3 is 1.28 bits per heavy atom. The Balaban J connectivity index is 0.000000228. The third kappa shape index (κ3) is 11.0. The number of amides is 2. The molecular weight excluding hydrogens is 806 g/mol. The number of halogens is 1. The van der Waals surface area contributed by atoms with Crippen LogP contribution in [0.4, 0.5) is 10.2 Å². The minimum Gasteiger partial charge on any atom is -0.384 e. The normalized spacial score (nSPS) is 11.9. The lowest BCUT2D eigenvalue weighted by atomic mass is 9.90. The van der Waals surface area contributed by atoms with Gasteiger partial charge in [0.1, 0.15) is 5.82 Å². The number of carbonyl (C=O) groups is 2. The molecule has 0 aliphatic rings. The van der Waals surface area contributed by atoms with Crippen molar-refractivity contribution in [3.63, 3.8) is 0 Å². The van der Waals surface area contributed by atoms with Crippen molar-refractivity contribution < 1.29 is 30.8 Å². The van der Waals surface area contributed by atoms with Crippen molar-refractivity contribution in [1.82, 2.24) is 29.4 Å². The molecule has 4 heterocycles. The monoisotopic (exact) mass is 851 g/mol. The second-order valence-corrected chi connectivity index (χ2v) is 19.2. The Hall–Kier alpha value is -6.39. The molecular formula is C44H46FN7O6S2. The number of hydrogen-bond acceptors (Lipinski definition) is 11. The van der Waals surface area contributed by atoms with Crippen LogP contribution in [0.2, 0.25) is 0 Å². The van der Waals surface area contributed by atoms with Crippen LogP contribution in [0.25, 0.3) is 22.5 Å². The van der Waals surface area contributed by atoms with Crippen LogP contribution in [0.5, 0.6) is 0 Å². The van der Waals surface area contributed by atoms with Crippen molar-refractivity contribution in [2.45, 2.75) is 76.3 Å². The Morgan fingerprint density at radius 1 is 0.533 bits per heavy atom. The largest absolute Gasteiger partial charge is 0.384 e. The molecule has 16 heteroatoms. The second kappa shape index (κ2) is 17.5. The van der Waals surface area contributed by atoms with E-state index in [9.17, 15) is 30.8 Å². The molecule has 0 saturated heterocycles. The number of nitrogens with one attached hydrogen (secondary N) is 2. The number of hydrogen-bond donors (Lipinski definition) is 3. The summed E-state index contributed by atoms with van der Waals surface area (Å²) >= 11 is 0. The summed E-state index contributed by atoms with van der Waals surface area (Å²) in [5, 5.41) is -0.904. The third-order valence-electron chi connectivity index (χ3n) is 8.91. The summed E-state index contributed by atoms with van der Waals surface area (Å²) in [4.78, 5) is 42.3. The van der Waals surface area contributed by atoms with E-state index in [2.05, 4.69) is 19.7 Å². The number of aromatic nitrogens is 4. The number of sulfonamides is 2. The zero-order valence-electron chi connectivity index (χ0n) is 34.4. The highest BCUT2D eigenvalue weighted by molar-refractivity contribution is 7.90. The average molecular weight is 852 g/mol. The molecule has 4 N–H and O–H groups in total. The maximum Gasteiger partial charge on any atom is 0.281 e. The molecule has 60 heavy (non-hydrogen) atoms. The lowest BCUT2D eigenvalue weighted by molar-refractivity contribution is 0.0972. The zero-order chi connectivity index (χ0) is 44.2. The van der Waals surface area contributed by atoms with Gasteiger partial charge in [-0.25, -0.2) is 19.4 Å². The highest BCUT2D eigenvalue weighted by Gasteiger charge is 2.27. The summed E-state index contributed by atoms with van der Waals surface area (Å²) in [5.41, 5.74) is 11.1. The minimum absolute atomic E-state index is 0.0434. The highest BCUT2D eigenvalue weighted by atomic mass is 32.2. The van der Waals surface area contributed by atoms with Gasteiger partial charge in [0.05, 0.1) is 22.5 Å². The maximum absolute atomic E-state index is 13.3. The molecule has 6 rings (SSSR count). The van der Waals surface area contributed by atoms with E-state index in [4.69, 9.17) is 10.7 Å². The summed E-state index contributed by atoms with van der Waals surface area (Å²) in [7, 11) is -8.55. The Labute approximate surface area is 349 Å². The van der Waals surface area contributed by atoms with E-state index in [1.165, 1.54) is 24.3 Å². The Bertz CT molecular complexity index is 2590. The number of benzene rings is 2. The van der Waals surface area contributed by atoms with Gasteiger partial charge in [0.2, 0.25) is 5.95 Å². The van der Waals surface area contributed by atoms with Crippen LogP contribution < -0.4 is 15.2 Å². The number of aryl methyl sites for hydroxylation is 2. The first-order chi connectivity index (χ1) is 27.9. The summed E-state index contributed by atoms with van der Waals surface area (Å²) in [6, 6.07) is 29.1. The molecule has 0 radical (unpaired) electrons. The van der Waals surface area contributed by atoms with Gasteiger partial charge < -0.3 is 5.73 Å². The molecule has 0 aliphatic heterocycles. The fourth-order valence-corrected chi connectivity index (χ4v) is 7.43. The quantitative estimate of drug-likeness (QED) is 0.128. The number of carbonyl (C=O) groups excluding carboxylic acids is 2. The van der Waals surface area contributed by atoms with Crippen molar-refractivity contribution in [2.24, 2.45) is 0 Å². The van der Waals surface area contributed by atoms with E-state index in [1.807, 2.05) is 109 Å². The standard InChI is InChI=1S/C22H22FN3O3S.C22H24N4O3S/c2*1-14-8-10-15(11-9-14)20-16(12-13-17(24-20)22(2,3)4)21(27)26-30(28,29)19-7-5-6-18(23)25-19/h5-13H,1-4H3,(H,26,27);5-13H,1-4H3,(H2,23,25)(H,26,27). The van der Waals surface area contributed by atoms with Gasteiger partial charge in [-0.2, -0.15) is 21.2 Å². The van der Waals surface area contributed by atoms with Crippen LogP contribution in [0, 0.1) is 19.8 Å². The van der Waals surface area contributed by atoms with Crippen molar-refractivity contribution in [3.8, 4) is 22.5 Å². The van der Waals surface area contributed by atoms with Crippen molar-refractivity contribution in [2.75, 3.05) is 5.73 Å². The number of nitrogens with two attached hydrogens (primary N) is 1. The van der Waals surface area contributed by atoms with E-state index >= 15 is 0 Å². The second-order valence-electron chi connectivity index (χ2n) is 16.0. The Kier molecular flexibility index (Phi) is 13.0. The van der Waals surface area contributed by atoms with Gasteiger partial charge in [0, 0.05) is 33.3 Å². The molecule has 312 valence electrons. The number of nitrogen functional groups attached to an aromatic ring is 1. The molecule has 6 aromatic rings. The van der Waals surface area contributed by atoms with E-state index in [-0.39, 0.29) is 32.8 Å². The van der Waals surface area contributed by atoms with Crippen molar-refractivity contribution in [3.05, 3.63) is 149 Å². The highest BCUT2D eigenvalue weighted by Crippen LogP contribution is 2.30. The van der Waals surface area contributed by atoms with Gasteiger partial charge in [0.25, 0.3) is 31.9 Å². The fraction of sp³-hybridized carbons (Fsp3) is 0.227. The van der Waals surface area contributed by atoms with Crippen LogP contribution in [0.1, 0.15) is 84.8 Å². The van der Waals surface area contributed by atoms with Gasteiger partial charge in [-0.15, -0.1) is 0 Å². The first-order valence-corrected chi connectivity index (χ1v) is 21.6.